The summed E-state index contributed by atoms with van der Waals surface area (Å²) >= 11 is 9.13. The van der Waals surface area contributed by atoms with Gasteiger partial charge in [-0.15, -0.1) is 0 Å². The molecule has 0 unspecified atom stereocenters. The molecule has 0 atom stereocenters. The van der Waals surface area contributed by atoms with Crippen molar-refractivity contribution < 1.29 is 4.79 Å². The van der Waals surface area contributed by atoms with Crippen LogP contribution in [0.5, 0.6) is 0 Å². The van der Waals surface area contributed by atoms with Crippen LogP contribution >= 0.6 is 27.5 Å². The number of carbonyl (C=O) groups is 1. The van der Waals surface area contributed by atoms with Crippen LogP contribution in [0.1, 0.15) is 16.1 Å². The Hall–Kier alpha value is -1.53. The Bertz CT molecular complexity index is 588. The van der Waals surface area contributed by atoms with Gasteiger partial charge in [0, 0.05) is 11.9 Å². The van der Waals surface area contributed by atoms with Crippen LogP contribution in [0.2, 0.25) is 5.02 Å². The minimum atomic E-state index is -0.371. The molecule has 1 N–H and O–H groups in total. The fourth-order valence-corrected chi connectivity index (χ4v) is 1.75. The highest BCUT2D eigenvalue weighted by molar-refractivity contribution is 9.10. The summed E-state index contributed by atoms with van der Waals surface area (Å²) in [6, 6.07) is 1.63. The molecule has 0 saturated carbocycles. The number of nitrogens with zero attached hydrogens (tertiary/aromatic N) is 3. The minimum absolute atomic E-state index is 0.298. The van der Waals surface area contributed by atoms with Crippen molar-refractivity contribution in [3.8, 4) is 0 Å². The monoisotopic (exact) mass is 326 g/mol. The average Bonchev–Trinajstić information content (AvgIpc) is 2.32. The number of aromatic nitrogens is 3. The van der Waals surface area contributed by atoms with Crippen LogP contribution in [0.25, 0.3) is 0 Å². The lowest BCUT2D eigenvalue weighted by molar-refractivity contribution is 0.102. The van der Waals surface area contributed by atoms with E-state index in [2.05, 4.69) is 36.2 Å². The van der Waals surface area contributed by atoms with E-state index in [1.165, 1.54) is 18.6 Å². The fraction of sp³-hybridized carbons (Fsp3) is 0.0909. The van der Waals surface area contributed by atoms with Crippen LogP contribution in [0.4, 0.5) is 5.82 Å². The molecule has 18 heavy (non-hydrogen) atoms. The maximum Gasteiger partial charge on any atom is 0.259 e. The second kappa shape index (κ2) is 5.41. The molecule has 0 aromatic carbocycles. The first-order valence-corrected chi connectivity index (χ1v) is 6.14. The zero-order valence-electron chi connectivity index (χ0n) is 9.32. The molecule has 0 spiro atoms. The molecule has 92 valence electrons. The Balaban J connectivity index is 2.19. The normalized spacial score (nSPS) is 10.2. The molecule has 2 aromatic rings. The van der Waals surface area contributed by atoms with Crippen molar-refractivity contribution in [3.63, 3.8) is 0 Å². The molecule has 2 rings (SSSR count). The van der Waals surface area contributed by atoms with Crippen molar-refractivity contribution in [2.45, 2.75) is 6.92 Å². The molecule has 0 fully saturated rings. The van der Waals surface area contributed by atoms with E-state index in [1.54, 1.807) is 13.0 Å². The molecular weight excluding hydrogens is 320 g/mol. The summed E-state index contributed by atoms with van der Waals surface area (Å²) in [5.41, 5.74) is 1.05. The van der Waals surface area contributed by atoms with Crippen LogP contribution in [-0.2, 0) is 0 Å². The van der Waals surface area contributed by atoms with Gasteiger partial charge >= 0.3 is 0 Å². The molecule has 0 aliphatic rings. The summed E-state index contributed by atoms with van der Waals surface area (Å²) < 4.78 is 0.593. The second-order valence-corrected chi connectivity index (χ2v) is 4.70. The molecule has 1 amide bonds. The smallest absolute Gasteiger partial charge is 0.259 e. The van der Waals surface area contributed by atoms with E-state index in [4.69, 9.17) is 11.6 Å². The lowest BCUT2D eigenvalue weighted by Gasteiger charge is -2.05. The van der Waals surface area contributed by atoms with Gasteiger partial charge in [-0.1, -0.05) is 11.6 Å². The largest absolute Gasteiger partial charge is 0.305 e. The maximum atomic E-state index is 11.9. The number of hydrogen-bond donors (Lipinski definition) is 1. The van der Waals surface area contributed by atoms with Crippen LogP contribution < -0.4 is 5.32 Å². The quantitative estimate of drug-likeness (QED) is 0.921. The van der Waals surface area contributed by atoms with Gasteiger partial charge in [0.2, 0.25) is 0 Å². The summed E-state index contributed by atoms with van der Waals surface area (Å²) in [7, 11) is 0. The zero-order valence-corrected chi connectivity index (χ0v) is 11.7. The first-order chi connectivity index (χ1) is 8.56. The lowest BCUT2D eigenvalue weighted by Crippen LogP contribution is -2.14. The zero-order chi connectivity index (χ0) is 13.1. The molecule has 7 heteroatoms. The van der Waals surface area contributed by atoms with E-state index in [9.17, 15) is 4.79 Å². The van der Waals surface area contributed by atoms with Crippen molar-refractivity contribution in [3.05, 3.63) is 45.5 Å². The summed E-state index contributed by atoms with van der Waals surface area (Å²) in [6.07, 6.45) is 4.36. The third kappa shape index (κ3) is 3.02. The van der Waals surface area contributed by atoms with E-state index in [0.717, 1.165) is 5.69 Å². The molecular formula is C11H8BrClN4O. The van der Waals surface area contributed by atoms with E-state index in [1.807, 2.05) is 0 Å². The highest BCUT2D eigenvalue weighted by Crippen LogP contribution is 2.17. The van der Waals surface area contributed by atoms with Gasteiger partial charge in [-0.3, -0.25) is 9.78 Å². The molecule has 0 saturated heterocycles. The van der Waals surface area contributed by atoms with Gasteiger partial charge in [-0.25, -0.2) is 9.97 Å². The standard InChI is InChI=1S/C11H8BrClN4O/c1-6-2-8(13)7(3-14-6)11(18)17-10-5-15-9(12)4-16-10/h2-5H,1H3,(H,16,17,18). The number of amides is 1. The number of aryl methyl sites for hydroxylation is 1. The summed E-state index contributed by atoms with van der Waals surface area (Å²) in [4.78, 5) is 23.9. The Morgan fingerprint density at radius 1 is 1.28 bits per heavy atom. The van der Waals surface area contributed by atoms with Gasteiger partial charge in [0.1, 0.15) is 4.60 Å². The van der Waals surface area contributed by atoms with Gasteiger partial charge in [-0.05, 0) is 28.9 Å². The Kier molecular flexibility index (Phi) is 3.88. The van der Waals surface area contributed by atoms with Crippen LogP contribution in [0.15, 0.2) is 29.3 Å². The molecule has 0 bridgehead atoms. The SMILES string of the molecule is Cc1cc(Cl)c(C(=O)Nc2cnc(Br)cn2)cn1. The number of hydrogen-bond acceptors (Lipinski definition) is 4. The maximum absolute atomic E-state index is 11.9. The van der Waals surface area contributed by atoms with Crippen LogP contribution in [0.3, 0.4) is 0 Å². The van der Waals surface area contributed by atoms with Crippen molar-refractivity contribution in [2.24, 2.45) is 0 Å². The van der Waals surface area contributed by atoms with Crippen LogP contribution in [-0.4, -0.2) is 20.9 Å². The highest BCUT2D eigenvalue weighted by atomic mass is 79.9. The molecule has 0 aliphatic heterocycles. The van der Waals surface area contributed by atoms with Gasteiger partial charge < -0.3 is 5.32 Å². The lowest BCUT2D eigenvalue weighted by atomic mass is 10.2. The number of halogens is 2. The van der Waals surface area contributed by atoms with Gasteiger partial charge in [-0.2, -0.15) is 0 Å². The Labute approximate surface area is 117 Å². The Morgan fingerprint density at radius 3 is 2.67 bits per heavy atom. The second-order valence-electron chi connectivity index (χ2n) is 3.48. The predicted molar refractivity (Wildman–Crippen MR) is 71.7 cm³/mol. The molecule has 2 aromatic heterocycles. The third-order valence-electron chi connectivity index (χ3n) is 2.10. The number of rotatable bonds is 2. The molecule has 2 heterocycles. The summed E-state index contributed by atoms with van der Waals surface area (Å²) in [6.45, 7) is 1.80. The number of nitrogens with one attached hydrogen (secondary N) is 1. The minimum Gasteiger partial charge on any atom is -0.305 e. The van der Waals surface area contributed by atoms with Gasteiger partial charge in [0.05, 0.1) is 23.0 Å². The van der Waals surface area contributed by atoms with Gasteiger partial charge in [0.15, 0.2) is 5.82 Å². The summed E-state index contributed by atoms with van der Waals surface area (Å²) in [5, 5.41) is 2.94. The van der Waals surface area contributed by atoms with Gasteiger partial charge in [0.25, 0.3) is 5.91 Å². The molecule has 0 aliphatic carbocycles. The van der Waals surface area contributed by atoms with E-state index in [0.29, 0.717) is 21.0 Å². The fourth-order valence-electron chi connectivity index (χ4n) is 1.25. The number of anilines is 1. The van der Waals surface area contributed by atoms with Crippen molar-refractivity contribution >= 4 is 39.3 Å². The van der Waals surface area contributed by atoms with E-state index < -0.39 is 0 Å². The first-order valence-electron chi connectivity index (χ1n) is 4.97. The predicted octanol–water partition coefficient (Wildman–Crippen LogP) is 2.85. The average molecular weight is 328 g/mol. The molecule has 0 radical (unpaired) electrons. The number of carbonyl (C=O) groups excluding carboxylic acids is 1. The third-order valence-corrected chi connectivity index (χ3v) is 2.82. The first kappa shape index (κ1) is 12.9. The van der Waals surface area contributed by atoms with Crippen LogP contribution in [0, 0.1) is 6.92 Å². The van der Waals surface area contributed by atoms with E-state index in [-0.39, 0.29) is 5.91 Å². The van der Waals surface area contributed by atoms with Crippen molar-refractivity contribution in [2.75, 3.05) is 5.32 Å². The highest BCUT2D eigenvalue weighted by Gasteiger charge is 2.12. The number of pyridine rings is 1. The van der Waals surface area contributed by atoms with Crippen molar-refractivity contribution in [1.29, 1.82) is 0 Å². The summed E-state index contributed by atoms with van der Waals surface area (Å²) in [5.74, 6) is -0.0241. The molecule has 5 nitrogen and oxygen atoms in total. The van der Waals surface area contributed by atoms with Crippen molar-refractivity contribution in [1.82, 2.24) is 15.0 Å². The Morgan fingerprint density at radius 2 is 2.06 bits per heavy atom. The van der Waals surface area contributed by atoms with E-state index >= 15 is 0 Å². The topological polar surface area (TPSA) is 67.8 Å².